The number of ether oxygens (including phenoxy) is 1. The summed E-state index contributed by atoms with van der Waals surface area (Å²) in [5.74, 6) is -0.143. The average molecular weight is 344 g/mol. The van der Waals surface area contributed by atoms with Crippen LogP contribution in [0, 0.1) is 12.7 Å². The van der Waals surface area contributed by atoms with E-state index in [1.54, 1.807) is 37.3 Å². The zero-order chi connectivity index (χ0) is 18.2. The van der Waals surface area contributed by atoms with Gasteiger partial charge in [-0.05, 0) is 48.4 Å². The first kappa shape index (κ1) is 18.4. The predicted molar refractivity (Wildman–Crippen MR) is 93.8 cm³/mol. The van der Waals surface area contributed by atoms with Gasteiger partial charge >= 0.3 is 0 Å². The number of amides is 2. The first-order valence-electron chi connectivity index (χ1n) is 8.02. The molecule has 0 aliphatic heterocycles. The molecule has 6 heteroatoms. The highest BCUT2D eigenvalue weighted by Crippen LogP contribution is 2.22. The molecule has 0 saturated carbocycles. The summed E-state index contributed by atoms with van der Waals surface area (Å²) < 4.78 is 18.8. The van der Waals surface area contributed by atoms with Crippen LogP contribution < -0.4 is 15.4 Å². The van der Waals surface area contributed by atoms with Crippen molar-refractivity contribution in [2.45, 2.75) is 26.9 Å². The summed E-state index contributed by atoms with van der Waals surface area (Å²) in [4.78, 5) is 23.0. The Labute approximate surface area is 146 Å². The number of carbonyl (C=O) groups is 2. The van der Waals surface area contributed by atoms with Gasteiger partial charge in [0.15, 0.2) is 0 Å². The average Bonchev–Trinajstić information content (AvgIpc) is 2.60. The third-order valence-corrected chi connectivity index (χ3v) is 3.53. The molecule has 2 aromatic rings. The minimum absolute atomic E-state index is 0.0655. The maximum absolute atomic E-state index is 13.1. The van der Waals surface area contributed by atoms with Gasteiger partial charge in [-0.1, -0.05) is 19.1 Å². The Balaban J connectivity index is 1.91. The lowest BCUT2D eigenvalue weighted by atomic mass is 10.2. The van der Waals surface area contributed by atoms with E-state index in [9.17, 15) is 14.0 Å². The molecule has 2 N–H and O–H groups in total. The highest BCUT2D eigenvalue weighted by molar-refractivity contribution is 5.95. The number of carbonyl (C=O) groups excluding carboxylic acids is 2. The van der Waals surface area contributed by atoms with Gasteiger partial charge in [0.25, 0.3) is 0 Å². The van der Waals surface area contributed by atoms with E-state index < -0.39 is 0 Å². The Morgan fingerprint density at radius 1 is 1.12 bits per heavy atom. The maximum atomic E-state index is 13.1. The number of nitrogens with one attached hydrogen (secondary N) is 2. The molecular weight excluding hydrogens is 323 g/mol. The van der Waals surface area contributed by atoms with Crippen molar-refractivity contribution in [1.82, 2.24) is 5.32 Å². The second-order valence-electron chi connectivity index (χ2n) is 5.57. The number of halogens is 1. The number of benzene rings is 2. The topological polar surface area (TPSA) is 67.4 Å². The monoisotopic (exact) mass is 344 g/mol. The van der Waals surface area contributed by atoms with Crippen molar-refractivity contribution in [3.05, 3.63) is 59.4 Å². The van der Waals surface area contributed by atoms with Gasteiger partial charge in [0.2, 0.25) is 11.8 Å². The van der Waals surface area contributed by atoms with Gasteiger partial charge in [-0.3, -0.25) is 9.59 Å². The lowest BCUT2D eigenvalue weighted by Gasteiger charge is -2.12. The predicted octanol–water partition coefficient (Wildman–Crippen LogP) is 3.18. The Hall–Kier alpha value is -2.89. The minimum Gasteiger partial charge on any atom is -0.489 e. The van der Waals surface area contributed by atoms with Gasteiger partial charge in [0.1, 0.15) is 18.2 Å². The van der Waals surface area contributed by atoms with E-state index in [2.05, 4.69) is 10.6 Å². The molecule has 0 aliphatic carbocycles. The van der Waals surface area contributed by atoms with Crippen molar-refractivity contribution in [2.75, 3.05) is 11.9 Å². The molecule has 0 spiro atoms. The van der Waals surface area contributed by atoms with Gasteiger partial charge < -0.3 is 15.4 Å². The number of hydrogen-bond acceptors (Lipinski definition) is 3. The second-order valence-corrected chi connectivity index (χ2v) is 5.57. The lowest BCUT2D eigenvalue weighted by Crippen LogP contribution is -2.32. The standard InChI is InChI=1S/C19H21FN2O3/c1-3-18(23)21-11-19(24)22-17-8-7-16(9-13(17)2)25-12-14-5-4-6-15(20)10-14/h4-10H,3,11-12H2,1-2H3,(H,21,23)(H,22,24). The fourth-order valence-electron chi connectivity index (χ4n) is 2.16. The number of rotatable bonds is 7. The maximum Gasteiger partial charge on any atom is 0.243 e. The number of anilines is 1. The van der Waals surface area contributed by atoms with Gasteiger partial charge in [0.05, 0.1) is 6.54 Å². The zero-order valence-corrected chi connectivity index (χ0v) is 14.3. The summed E-state index contributed by atoms with van der Waals surface area (Å²) in [6.45, 7) is 3.76. The molecule has 0 saturated heterocycles. The van der Waals surface area contributed by atoms with Crippen LogP contribution in [-0.2, 0) is 16.2 Å². The first-order valence-corrected chi connectivity index (χ1v) is 8.02. The zero-order valence-electron chi connectivity index (χ0n) is 14.3. The molecule has 2 amide bonds. The Kier molecular flexibility index (Phi) is 6.51. The SMILES string of the molecule is CCC(=O)NCC(=O)Nc1ccc(OCc2cccc(F)c2)cc1C. The van der Waals surface area contributed by atoms with E-state index in [1.807, 2.05) is 6.92 Å². The van der Waals surface area contributed by atoms with Crippen LogP contribution in [0.5, 0.6) is 5.75 Å². The van der Waals surface area contributed by atoms with E-state index in [0.29, 0.717) is 17.9 Å². The van der Waals surface area contributed by atoms with Crippen LogP contribution in [0.15, 0.2) is 42.5 Å². The highest BCUT2D eigenvalue weighted by atomic mass is 19.1. The second kappa shape index (κ2) is 8.82. The fourth-order valence-corrected chi connectivity index (χ4v) is 2.16. The number of aryl methyl sites for hydroxylation is 1. The third kappa shape index (κ3) is 5.91. The van der Waals surface area contributed by atoms with Gasteiger partial charge in [-0.2, -0.15) is 0 Å². The quantitative estimate of drug-likeness (QED) is 0.811. The molecule has 132 valence electrons. The summed E-state index contributed by atoms with van der Waals surface area (Å²) >= 11 is 0. The summed E-state index contributed by atoms with van der Waals surface area (Å²) in [6.07, 6.45) is 0.337. The lowest BCUT2D eigenvalue weighted by molar-refractivity contribution is -0.123. The molecule has 0 aliphatic rings. The number of hydrogen-bond donors (Lipinski definition) is 2. The van der Waals surface area contributed by atoms with Gasteiger partial charge in [-0.15, -0.1) is 0 Å². The van der Waals surface area contributed by atoms with Gasteiger partial charge in [-0.25, -0.2) is 4.39 Å². The molecule has 0 fully saturated rings. The van der Waals surface area contributed by atoms with Crippen molar-refractivity contribution < 1.29 is 18.7 Å². The highest BCUT2D eigenvalue weighted by Gasteiger charge is 2.07. The van der Waals surface area contributed by atoms with Crippen molar-refractivity contribution in [3.8, 4) is 5.75 Å². The first-order chi connectivity index (χ1) is 12.0. The van der Waals surface area contributed by atoms with E-state index in [1.165, 1.54) is 12.1 Å². The van der Waals surface area contributed by atoms with Gasteiger partial charge in [0, 0.05) is 12.1 Å². The van der Waals surface area contributed by atoms with Crippen LogP contribution in [-0.4, -0.2) is 18.4 Å². The van der Waals surface area contributed by atoms with Crippen LogP contribution >= 0.6 is 0 Å². The van der Waals surface area contributed by atoms with E-state index in [-0.39, 0.29) is 30.8 Å². The third-order valence-electron chi connectivity index (χ3n) is 3.53. The summed E-state index contributed by atoms with van der Waals surface area (Å²) in [6, 6.07) is 11.5. The Bertz CT molecular complexity index is 762. The molecule has 5 nitrogen and oxygen atoms in total. The normalized spacial score (nSPS) is 10.2. The Morgan fingerprint density at radius 2 is 1.92 bits per heavy atom. The van der Waals surface area contributed by atoms with Crippen LogP contribution in [0.3, 0.4) is 0 Å². The molecule has 2 rings (SSSR count). The van der Waals surface area contributed by atoms with Crippen LogP contribution in [0.1, 0.15) is 24.5 Å². The molecular formula is C19H21FN2O3. The molecule has 0 heterocycles. The van der Waals surface area contributed by atoms with Crippen LogP contribution in [0.2, 0.25) is 0 Å². The van der Waals surface area contributed by atoms with Crippen LogP contribution in [0.4, 0.5) is 10.1 Å². The van der Waals surface area contributed by atoms with Crippen molar-refractivity contribution >= 4 is 17.5 Å². The van der Waals surface area contributed by atoms with E-state index >= 15 is 0 Å². The molecule has 2 aromatic carbocycles. The molecule has 0 atom stereocenters. The minimum atomic E-state index is -0.300. The van der Waals surface area contributed by atoms with Crippen molar-refractivity contribution in [2.24, 2.45) is 0 Å². The summed E-state index contributed by atoms with van der Waals surface area (Å²) in [5.41, 5.74) is 2.21. The fraction of sp³-hybridized carbons (Fsp3) is 0.263. The Morgan fingerprint density at radius 3 is 2.60 bits per heavy atom. The molecule has 0 radical (unpaired) electrons. The summed E-state index contributed by atoms with van der Waals surface area (Å²) in [5, 5.41) is 5.26. The van der Waals surface area contributed by atoms with Crippen molar-refractivity contribution in [1.29, 1.82) is 0 Å². The largest absolute Gasteiger partial charge is 0.489 e. The van der Waals surface area contributed by atoms with E-state index in [4.69, 9.17) is 4.74 Å². The molecule has 25 heavy (non-hydrogen) atoms. The molecule has 0 unspecified atom stereocenters. The van der Waals surface area contributed by atoms with Crippen LogP contribution in [0.25, 0.3) is 0 Å². The molecule has 0 bridgehead atoms. The smallest absolute Gasteiger partial charge is 0.243 e. The van der Waals surface area contributed by atoms with Crippen molar-refractivity contribution in [3.63, 3.8) is 0 Å². The van der Waals surface area contributed by atoms with E-state index in [0.717, 1.165) is 11.1 Å². The summed E-state index contributed by atoms with van der Waals surface area (Å²) in [7, 11) is 0. The molecule has 0 aromatic heterocycles.